The van der Waals surface area contributed by atoms with Crippen LogP contribution >= 0.6 is 0 Å². The number of carbonyl (C=O) groups is 1. The first-order valence-electron chi connectivity index (χ1n) is 11.8. The quantitative estimate of drug-likeness (QED) is 0.483. The van der Waals surface area contributed by atoms with Crippen molar-refractivity contribution in [2.45, 2.75) is 37.1 Å². The van der Waals surface area contributed by atoms with Crippen LogP contribution < -0.4 is 14.5 Å². The van der Waals surface area contributed by atoms with Gasteiger partial charge < -0.3 is 10.2 Å². The highest BCUT2D eigenvalue weighted by Crippen LogP contribution is 2.25. The first-order chi connectivity index (χ1) is 16.8. The maximum absolute atomic E-state index is 13.5. The smallest absolute Gasteiger partial charge is 0.264 e. The van der Waals surface area contributed by atoms with Crippen LogP contribution in [0.4, 0.5) is 15.8 Å². The number of nitrogens with zero attached hydrogens (tertiary/aromatic N) is 2. The average molecular weight is 496 g/mol. The van der Waals surface area contributed by atoms with E-state index in [0.29, 0.717) is 0 Å². The third-order valence-corrected chi connectivity index (χ3v) is 8.01. The summed E-state index contributed by atoms with van der Waals surface area (Å²) in [5.74, 6) is -0.946. The Morgan fingerprint density at radius 3 is 2.20 bits per heavy atom. The summed E-state index contributed by atoms with van der Waals surface area (Å²) in [6.45, 7) is 3.54. The lowest BCUT2D eigenvalue weighted by Gasteiger charge is -2.29. The fraction of sp³-hybridized carbons (Fsp3) is 0.296. The van der Waals surface area contributed by atoms with Crippen LogP contribution in [0.15, 0.2) is 83.8 Å². The molecule has 1 heterocycles. The molecule has 0 aliphatic carbocycles. The largest absolute Gasteiger partial charge is 0.372 e. The van der Waals surface area contributed by atoms with E-state index >= 15 is 0 Å². The Morgan fingerprint density at radius 2 is 1.57 bits per heavy atom. The van der Waals surface area contributed by atoms with E-state index in [1.807, 2.05) is 19.1 Å². The molecule has 1 atom stereocenters. The van der Waals surface area contributed by atoms with Crippen LogP contribution in [0.2, 0.25) is 0 Å². The average Bonchev–Trinajstić information content (AvgIpc) is 2.89. The molecule has 0 saturated carbocycles. The summed E-state index contributed by atoms with van der Waals surface area (Å²) < 4.78 is 41.2. The molecular formula is C27H30FN3O3S. The lowest BCUT2D eigenvalue weighted by atomic mass is 10.1. The monoisotopic (exact) mass is 495 g/mol. The summed E-state index contributed by atoms with van der Waals surface area (Å²) in [7, 11) is -4.04. The van der Waals surface area contributed by atoms with Crippen LogP contribution in [0.25, 0.3) is 0 Å². The molecule has 0 bridgehead atoms. The van der Waals surface area contributed by atoms with Gasteiger partial charge in [-0.25, -0.2) is 12.8 Å². The van der Waals surface area contributed by atoms with Gasteiger partial charge in [-0.2, -0.15) is 0 Å². The van der Waals surface area contributed by atoms with Crippen molar-refractivity contribution in [1.82, 2.24) is 5.32 Å². The Hall–Kier alpha value is -3.39. The van der Waals surface area contributed by atoms with E-state index in [0.717, 1.165) is 23.0 Å². The number of piperidine rings is 1. The lowest BCUT2D eigenvalue weighted by Crippen LogP contribution is -2.41. The van der Waals surface area contributed by atoms with Gasteiger partial charge in [0.2, 0.25) is 5.91 Å². The Kier molecular flexibility index (Phi) is 7.70. The molecule has 1 aliphatic heterocycles. The second-order valence-electron chi connectivity index (χ2n) is 8.73. The van der Waals surface area contributed by atoms with Gasteiger partial charge >= 0.3 is 0 Å². The van der Waals surface area contributed by atoms with Crippen LogP contribution in [0.5, 0.6) is 0 Å². The minimum absolute atomic E-state index is 0.0541. The maximum Gasteiger partial charge on any atom is 0.264 e. The first kappa shape index (κ1) is 24.7. The van der Waals surface area contributed by atoms with E-state index in [1.165, 1.54) is 61.3 Å². The van der Waals surface area contributed by atoms with E-state index in [2.05, 4.69) is 22.3 Å². The van der Waals surface area contributed by atoms with E-state index < -0.39 is 28.3 Å². The Balaban J connectivity index is 1.49. The number of nitrogens with one attached hydrogen (secondary N) is 1. The zero-order valence-electron chi connectivity index (χ0n) is 19.7. The van der Waals surface area contributed by atoms with E-state index in [1.54, 1.807) is 18.2 Å². The third-order valence-electron chi connectivity index (χ3n) is 6.22. The van der Waals surface area contributed by atoms with Crippen LogP contribution in [0.1, 0.15) is 37.8 Å². The molecule has 3 aromatic carbocycles. The Labute approximate surface area is 206 Å². The van der Waals surface area contributed by atoms with Crippen molar-refractivity contribution in [3.63, 3.8) is 0 Å². The predicted molar refractivity (Wildman–Crippen MR) is 136 cm³/mol. The molecule has 1 amide bonds. The molecule has 1 saturated heterocycles. The molecule has 1 unspecified atom stereocenters. The van der Waals surface area contributed by atoms with Gasteiger partial charge in [-0.05, 0) is 80.3 Å². The minimum atomic E-state index is -4.04. The van der Waals surface area contributed by atoms with Gasteiger partial charge in [0.25, 0.3) is 10.0 Å². The van der Waals surface area contributed by atoms with Gasteiger partial charge in [0.05, 0.1) is 16.6 Å². The molecule has 1 fully saturated rings. The van der Waals surface area contributed by atoms with Gasteiger partial charge in [-0.15, -0.1) is 0 Å². The molecule has 1 aliphatic rings. The molecule has 4 rings (SSSR count). The zero-order valence-corrected chi connectivity index (χ0v) is 20.5. The molecule has 0 spiro atoms. The van der Waals surface area contributed by atoms with Crippen molar-refractivity contribution in [2.24, 2.45) is 0 Å². The van der Waals surface area contributed by atoms with Gasteiger partial charge in [0.15, 0.2) is 0 Å². The second-order valence-corrected chi connectivity index (χ2v) is 10.6. The number of anilines is 2. The topological polar surface area (TPSA) is 69.7 Å². The van der Waals surface area contributed by atoms with Gasteiger partial charge in [0.1, 0.15) is 12.4 Å². The van der Waals surface area contributed by atoms with Crippen molar-refractivity contribution in [2.75, 3.05) is 28.8 Å². The Morgan fingerprint density at radius 1 is 0.943 bits per heavy atom. The summed E-state index contributed by atoms with van der Waals surface area (Å²) in [5, 5.41) is 2.90. The highest BCUT2D eigenvalue weighted by molar-refractivity contribution is 7.92. The summed E-state index contributed by atoms with van der Waals surface area (Å²) in [6, 6.07) is 20.7. The molecule has 6 nitrogen and oxygen atoms in total. The molecule has 3 aromatic rings. The fourth-order valence-electron chi connectivity index (χ4n) is 4.27. The standard InChI is InChI=1S/C27H30FN3O3S/c1-21(22-10-14-24(15-11-22)30-18-6-3-7-19-30)29-27(32)20-31(25-16-12-23(28)13-17-25)35(33,34)26-8-4-2-5-9-26/h2,4-5,8-17,21H,3,6-7,18-20H2,1H3,(H,29,32). The number of hydrogen-bond acceptors (Lipinski definition) is 4. The van der Waals surface area contributed by atoms with Crippen molar-refractivity contribution in [3.05, 3.63) is 90.2 Å². The maximum atomic E-state index is 13.5. The molecule has 35 heavy (non-hydrogen) atoms. The zero-order chi connectivity index (χ0) is 24.8. The molecule has 1 N–H and O–H groups in total. The van der Waals surface area contributed by atoms with Gasteiger partial charge in [0, 0.05) is 18.8 Å². The third kappa shape index (κ3) is 6.00. The molecule has 0 aromatic heterocycles. The van der Waals surface area contributed by atoms with Crippen LogP contribution in [-0.2, 0) is 14.8 Å². The van der Waals surface area contributed by atoms with Crippen molar-refractivity contribution in [3.8, 4) is 0 Å². The van der Waals surface area contributed by atoms with E-state index in [9.17, 15) is 17.6 Å². The SMILES string of the molecule is CC(NC(=O)CN(c1ccc(F)cc1)S(=O)(=O)c1ccccc1)c1ccc(N2CCCCC2)cc1. The number of sulfonamides is 1. The van der Waals surface area contributed by atoms with Gasteiger partial charge in [-0.3, -0.25) is 9.10 Å². The summed E-state index contributed by atoms with van der Waals surface area (Å²) >= 11 is 0. The molecular weight excluding hydrogens is 465 g/mol. The second kappa shape index (κ2) is 10.9. The molecule has 184 valence electrons. The Bertz CT molecular complexity index is 1230. The normalized spacial score (nSPS) is 14.9. The highest BCUT2D eigenvalue weighted by atomic mass is 32.2. The summed E-state index contributed by atoms with van der Waals surface area (Å²) in [6.07, 6.45) is 3.67. The number of rotatable bonds is 8. The summed E-state index contributed by atoms with van der Waals surface area (Å²) in [5.41, 5.74) is 2.31. The van der Waals surface area contributed by atoms with Gasteiger partial charge in [-0.1, -0.05) is 30.3 Å². The van der Waals surface area contributed by atoms with E-state index in [4.69, 9.17) is 0 Å². The van der Waals surface area contributed by atoms with Crippen molar-refractivity contribution >= 4 is 27.3 Å². The number of carbonyl (C=O) groups excluding carboxylic acids is 1. The highest BCUT2D eigenvalue weighted by Gasteiger charge is 2.27. The fourth-order valence-corrected chi connectivity index (χ4v) is 5.71. The summed E-state index contributed by atoms with van der Waals surface area (Å²) in [4.78, 5) is 15.4. The number of benzene rings is 3. The number of hydrogen-bond donors (Lipinski definition) is 1. The van der Waals surface area contributed by atoms with Crippen molar-refractivity contribution in [1.29, 1.82) is 0 Å². The lowest BCUT2D eigenvalue weighted by molar-refractivity contribution is -0.120. The molecule has 8 heteroatoms. The minimum Gasteiger partial charge on any atom is -0.372 e. The first-order valence-corrected chi connectivity index (χ1v) is 13.3. The number of halogens is 1. The van der Waals surface area contributed by atoms with Crippen molar-refractivity contribution < 1.29 is 17.6 Å². The molecule has 0 radical (unpaired) electrons. The predicted octanol–water partition coefficient (Wildman–Crippen LogP) is 4.89. The van der Waals surface area contributed by atoms with Crippen LogP contribution in [0.3, 0.4) is 0 Å². The van der Waals surface area contributed by atoms with Crippen LogP contribution in [0, 0.1) is 5.82 Å². The van der Waals surface area contributed by atoms with Crippen LogP contribution in [-0.4, -0.2) is 34.0 Å². The van der Waals surface area contributed by atoms with E-state index in [-0.39, 0.29) is 16.6 Å². The number of amides is 1.